The Morgan fingerprint density at radius 1 is 1.15 bits per heavy atom. The highest BCUT2D eigenvalue weighted by atomic mass is 19.3. The number of rotatable bonds is 6. The molecule has 3 rings (SSSR count). The van der Waals surface area contributed by atoms with Crippen LogP contribution in [-0.4, -0.2) is 38.3 Å². The second-order valence-electron chi connectivity index (χ2n) is 6.35. The summed E-state index contributed by atoms with van der Waals surface area (Å²) in [6.45, 7) is 0.00611. The Morgan fingerprint density at radius 2 is 1.74 bits per heavy atom. The van der Waals surface area contributed by atoms with Crippen LogP contribution in [0.15, 0.2) is 36.7 Å². The number of imidazole rings is 1. The van der Waals surface area contributed by atoms with Crippen molar-refractivity contribution in [3.63, 3.8) is 0 Å². The van der Waals surface area contributed by atoms with E-state index in [-0.39, 0.29) is 17.0 Å². The zero-order chi connectivity index (χ0) is 19.7. The first-order valence-electron chi connectivity index (χ1n) is 8.26. The van der Waals surface area contributed by atoms with Gasteiger partial charge in [0.05, 0.1) is 11.1 Å². The van der Waals surface area contributed by atoms with E-state index < -0.39 is 42.9 Å². The molecule has 1 aromatic heterocycles. The zero-order valence-corrected chi connectivity index (χ0v) is 14.6. The lowest BCUT2D eigenvalue weighted by molar-refractivity contribution is -0.151. The molecule has 0 saturated carbocycles. The molecule has 0 N–H and O–H groups in total. The minimum absolute atomic E-state index is 0.136. The van der Waals surface area contributed by atoms with Gasteiger partial charge in [-0.05, 0) is 18.1 Å². The minimum Gasteiger partial charge on any atom is -0.456 e. The molecule has 27 heavy (non-hydrogen) atoms. The van der Waals surface area contributed by atoms with E-state index in [1.54, 1.807) is 26.0 Å². The van der Waals surface area contributed by atoms with Crippen LogP contribution in [0.4, 0.5) is 8.78 Å². The third-order valence-electron chi connectivity index (χ3n) is 4.28. The van der Waals surface area contributed by atoms with E-state index in [0.717, 1.165) is 11.1 Å². The third kappa shape index (κ3) is 3.32. The van der Waals surface area contributed by atoms with Gasteiger partial charge in [0.25, 0.3) is 11.8 Å². The van der Waals surface area contributed by atoms with E-state index in [2.05, 4.69) is 4.98 Å². The average Bonchev–Trinajstić information content (AvgIpc) is 3.19. The van der Waals surface area contributed by atoms with E-state index >= 15 is 0 Å². The smallest absolute Gasteiger partial charge is 0.330 e. The monoisotopic (exact) mass is 377 g/mol. The van der Waals surface area contributed by atoms with Gasteiger partial charge in [-0.3, -0.25) is 19.1 Å². The molecule has 0 unspecified atom stereocenters. The van der Waals surface area contributed by atoms with Crippen LogP contribution in [0.1, 0.15) is 46.9 Å². The molecule has 0 radical (unpaired) electrons. The molecule has 7 nitrogen and oxygen atoms in total. The lowest BCUT2D eigenvalue weighted by Gasteiger charge is -2.27. The summed E-state index contributed by atoms with van der Waals surface area (Å²) in [6.07, 6.45) is 2.23. The van der Waals surface area contributed by atoms with Crippen LogP contribution in [0.5, 0.6) is 0 Å². The first-order chi connectivity index (χ1) is 12.8. The Kier molecular flexibility index (Phi) is 5.02. The molecule has 0 aliphatic carbocycles. The van der Waals surface area contributed by atoms with E-state index in [4.69, 9.17) is 4.74 Å². The van der Waals surface area contributed by atoms with Crippen molar-refractivity contribution in [2.24, 2.45) is 5.92 Å². The summed E-state index contributed by atoms with van der Waals surface area (Å²) in [5.74, 6) is -2.60. The van der Waals surface area contributed by atoms with Gasteiger partial charge in [0.15, 0.2) is 5.82 Å². The van der Waals surface area contributed by atoms with Gasteiger partial charge in [0.2, 0.25) is 0 Å². The summed E-state index contributed by atoms with van der Waals surface area (Å²) >= 11 is 0. The molecule has 2 heterocycles. The summed E-state index contributed by atoms with van der Waals surface area (Å²) in [4.78, 5) is 42.4. The highest BCUT2D eigenvalue weighted by Crippen LogP contribution is 2.28. The van der Waals surface area contributed by atoms with Crippen molar-refractivity contribution in [2.45, 2.75) is 33.0 Å². The van der Waals surface area contributed by atoms with Crippen LogP contribution in [0.2, 0.25) is 0 Å². The van der Waals surface area contributed by atoms with Crippen molar-refractivity contribution in [3.8, 4) is 0 Å². The largest absolute Gasteiger partial charge is 0.456 e. The average molecular weight is 377 g/mol. The minimum atomic E-state index is -2.82. The molecule has 0 saturated heterocycles. The molecule has 0 spiro atoms. The number of nitrogens with zero attached hydrogens (tertiary/aromatic N) is 3. The lowest BCUT2D eigenvalue weighted by Crippen LogP contribution is -2.48. The number of aromatic nitrogens is 2. The number of hydrogen-bond acceptors (Lipinski definition) is 5. The van der Waals surface area contributed by atoms with Crippen molar-refractivity contribution in [1.29, 1.82) is 0 Å². The maximum Gasteiger partial charge on any atom is 0.330 e. The number of carbonyl (C=O) groups is 3. The molecular weight excluding hydrogens is 360 g/mol. The van der Waals surface area contributed by atoms with Crippen molar-refractivity contribution in [2.75, 3.05) is 0 Å². The zero-order valence-electron chi connectivity index (χ0n) is 14.6. The molecule has 1 aliphatic rings. The van der Waals surface area contributed by atoms with Gasteiger partial charge < -0.3 is 4.74 Å². The van der Waals surface area contributed by atoms with Crippen LogP contribution in [0.25, 0.3) is 0 Å². The maximum atomic E-state index is 12.9. The molecule has 142 valence electrons. The van der Waals surface area contributed by atoms with Crippen molar-refractivity contribution < 1.29 is 27.9 Å². The summed E-state index contributed by atoms with van der Waals surface area (Å²) in [5, 5.41) is 0. The number of hydrogen-bond donors (Lipinski definition) is 0. The highest BCUT2D eigenvalue weighted by Gasteiger charge is 2.44. The van der Waals surface area contributed by atoms with E-state index in [9.17, 15) is 23.2 Å². The van der Waals surface area contributed by atoms with Gasteiger partial charge >= 0.3 is 12.5 Å². The van der Waals surface area contributed by atoms with Gasteiger partial charge in [-0.15, -0.1) is 0 Å². The Hall–Kier alpha value is -3.10. The summed E-state index contributed by atoms with van der Waals surface area (Å²) < 4.78 is 31.4. The molecule has 0 bridgehead atoms. The van der Waals surface area contributed by atoms with Crippen molar-refractivity contribution in [1.82, 2.24) is 14.5 Å². The number of fused-ring (bicyclic) bond motifs is 1. The van der Waals surface area contributed by atoms with Crippen LogP contribution < -0.4 is 0 Å². The Labute approximate surface area is 153 Å². The second-order valence-corrected chi connectivity index (χ2v) is 6.35. The molecule has 1 aromatic carbocycles. The predicted octanol–water partition coefficient (Wildman–Crippen LogP) is 2.64. The number of amides is 2. The number of benzene rings is 1. The fourth-order valence-corrected chi connectivity index (χ4v) is 2.99. The second kappa shape index (κ2) is 7.26. The van der Waals surface area contributed by atoms with Gasteiger partial charge in [0.1, 0.15) is 12.6 Å². The van der Waals surface area contributed by atoms with Crippen molar-refractivity contribution >= 4 is 17.8 Å². The fraction of sp³-hybridized carbons (Fsp3) is 0.333. The Morgan fingerprint density at radius 3 is 2.26 bits per heavy atom. The number of halogens is 2. The van der Waals surface area contributed by atoms with Crippen LogP contribution in [0, 0.1) is 5.92 Å². The van der Waals surface area contributed by atoms with Crippen LogP contribution in [-0.2, 0) is 16.1 Å². The van der Waals surface area contributed by atoms with Crippen LogP contribution >= 0.6 is 0 Å². The molecule has 0 fully saturated rings. The Balaban J connectivity index is 1.80. The lowest BCUT2D eigenvalue weighted by atomic mass is 10.0. The highest BCUT2D eigenvalue weighted by molar-refractivity contribution is 6.22. The summed E-state index contributed by atoms with van der Waals surface area (Å²) in [7, 11) is 0. The first-order valence-corrected chi connectivity index (χ1v) is 8.26. The number of esters is 1. The van der Waals surface area contributed by atoms with Crippen LogP contribution in [0.3, 0.4) is 0 Å². The normalized spacial score (nSPS) is 14.8. The van der Waals surface area contributed by atoms with E-state index in [1.807, 2.05) is 0 Å². The number of imide groups is 1. The molecule has 2 aromatic rings. The fourth-order valence-electron chi connectivity index (χ4n) is 2.99. The number of alkyl halides is 2. The number of ether oxygens (including phenoxy) is 1. The maximum absolute atomic E-state index is 12.9. The van der Waals surface area contributed by atoms with Crippen molar-refractivity contribution in [3.05, 3.63) is 53.6 Å². The van der Waals surface area contributed by atoms with Gasteiger partial charge in [-0.2, -0.15) is 8.78 Å². The Bertz CT molecular complexity index is 859. The molecule has 9 heteroatoms. The summed E-state index contributed by atoms with van der Waals surface area (Å²) in [5.41, 5.74) is 0.434. The van der Waals surface area contributed by atoms with E-state index in [0.29, 0.717) is 4.57 Å². The van der Waals surface area contributed by atoms with E-state index in [1.165, 1.54) is 18.3 Å². The topological polar surface area (TPSA) is 81.5 Å². The first kappa shape index (κ1) is 18.7. The van der Waals surface area contributed by atoms with Gasteiger partial charge in [-0.25, -0.2) is 9.78 Å². The number of carbonyl (C=O) groups excluding carboxylic acids is 3. The molecule has 2 amide bonds. The molecular formula is C18H17F2N3O4. The van der Waals surface area contributed by atoms with Gasteiger partial charge in [-0.1, -0.05) is 26.0 Å². The SMILES string of the molecule is CC(C)[C@@H](C(=O)OCc1nccn1C(F)F)N1C(=O)c2ccccc2C1=O. The third-order valence-corrected chi connectivity index (χ3v) is 4.28. The molecule has 1 atom stereocenters. The molecule has 1 aliphatic heterocycles. The summed E-state index contributed by atoms with van der Waals surface area (Å²) in [6, 6.07) is 5.10. The quantitative estimate of drug-likeness (QED) is 0.571. The van der Waals surface area contributed by atoms with Gasteiger partial charge in [0, 0.05) is 12.4 Å². The standard InChI is InChI=1S/C18H17F2N3O4/c1-10(2)14(17(26)27-9-13-21-7-8-22(13)18(19)20)23-15(24)11-5-3-4-6-12(11)16(23)25/h3-8,10,14,18H,9H2,1-2H3/t14-/m0/s1. The predicted molar refractivity (Wildman–Crippen MR) is 88.8 cm³/mol.